The van der Waals surface area contributed by atoms with Gasteiger partial charge in [-0.2, -0.15) is 5.10 Å². The van der Waals surface area contributed by atoms with Crippen LogP contribution in [-0.2, 0) is 16.1 Å². The molecule has 1 aromatic heterocycles. The molecule has 2 aromatic carbocycles. The molecule has 0 bridgehead atoms. The smallest absolute Gasteiger partial charge is 0.229 e. The first-order chi connectivity index (χ1) is 14.0. The lowest BCUT2D eigenvalue weighted by Gasteiger charge is -2.17. The van der Waals surface area contributed by atoms with Crippen LogP contribution in [0.4, 0.5) is 5.69 Å². The molecule has 2 amide bonds. The summed E-state index contributed by atoms with van der Waals surface area (Å²) in [5, 5.41) is 7.26. The highest BCUT2D eigenvalue weighted by molar-refractivity contribution is 9.10. The largest absolute Gasteiger partial charge is 0.338 e. The quantitative estimate of drug-likeness (QED) is 0.637. The SMILES string of the molecule is Cc1ccc(CN2CC(C(=O)Nc3ccccc3-n3cc(Br)cn3)CC2=O)cc1. The first-order valence-electron chi connectivity index (χ1n) is 9.43. The van der Waals surface area contributed by atoms with E-state index in [1.807, 2.05) is 61.7 Å². The number of carbonyl (C=O) groups excluding carboxylic acids is 2. The highest BCUT2D eigenvalue weighted by atomic mass is 79.9. The van der Waals surface area contributed by atoms with Gasteiger partial charge in [0, 0.05) is 25.7 Å². The Morgan fingerprint density at radius 2 is 1.97 bits per heavy atom. The molecule has 1 aliphatic heterocycles. The molecule has 148 valence electrons. The van der Waals surface area contributed by atoms with E-state index in [1.165, 1.54) is 5.56 Å². The maximum absolute atomic E-state index is 12.9. The van der Waals surface area contributed by atoms with Crippen molar-refractivity contribution >= 4 is 33.4 Å². The molecule has 3 aromatic rings. The van der Waals surface area contributed by atoms with Crippen molar-refractivity contribution in [2.24, 2.45) is 5.92 Å². The molecule has 1 saturated heterocycles. The Morgan fingerprint density at radius 3 is 2.69 bits per heavy atom. The second-order valence-electron chi connectivity index (χ2n) is 7.27. The van der Waals surface area contributed by atoms with Gasteiger partial charge in [-0.25, -0.2) is 4.68 Å². The average Bonchev–Trinajstić information content (AvgIpc) is 3.30. The van der Waals surface area contributed by atoms with Crippen molar-refractivity contribution in [3.05, 3.63) is 76.5 Å². The predicted molar refractivity (Wildman–Crippen MR) is 115 cm³/mol. The maximum atomic E-state index is 12.9. The van der Waals surface area contributed by atoms with E-state index < -0.39 is 0 Å². The summed E-state index contributed by atoms with van der Waals surface area (Å²) >= 11 is 3.39. The van der Waals surface area contributed by atoms with Crippen LogP contribution in [0.5, 0.6) is 0 Å². The van der Waals surface area contributed by atoms with Crippen LogP contribution >= 0.6 is 15.9 Å². The summed E-state index contributed by atoms with van der Waals surface area (Å²) in [5.41, 5.74) is 3.69. The van der Waals surface area contributed by atoms with E-state index in [0.717, 1.165) is 15.7 Å². The summed E-state index contributed by atoms with van der Waals surface area (Å²) in [4.78, 5) is 27.0. The van der Waals surface area contributed by atoms with Gasteiger partial charge in [-0.3, -0.25) is 9.59 Å². The van der Waals surface area contributed by atoms with E-state index in [-0.39, 0.29) is 24.2 Å². The minimum atomic E-state index is -0.370. The number of nitrogens with zero attached hydrogens (tertiary/aromatic N) is 3. The number of hydrogen-bond acceptors (Lipinski definition) is 3. The number of carbonyl (C=O) groups is 2. The fraction of sp³-hybridized carbons (Fsp3) is 0.227. The third-order valence-corrected chi connectivity index (χ3v) is 5.45. The zero-order chi connectivity index (χ0) is 20.4. The van der Waals surface area contributed by atoms with Gasteiger partial charge in [0.2, 0.25) is 11.8 Å². The first-order valence-corrected chi connectivity index (χ1v) is 10.2. The third kappa shape index (κ3) is 4.40. The number of likely N-dealkylation sites (tertiary alicyclic amines) is 1. The van der Waals surface area contributed by atoms with Crippen molar-refractivity contribution in [3.8, 4) is 5.69 Å². The van der Waals surface area contributed by atoms with Crippen LogP contribution < -0.4 is 5.32 Å². The Labute approximate surface area is 177 Å². The fourth-order valence-electron chi connectivity index (χ4n) is 3.46. The Bertz CT molecular complexity index is 1040. The summed E-state index contributed by atoms with van der Waals surface area (Å²) in [7, 11) is 0. The molecule has 1 N–H and O–H groups in total. The van der Waals surface area contributed by atoms with Crippen molar-refractivity contribution in [1.82, 2.24) is 14.7 Å². The topological polar surface area (TPSA) is 67.2 Å². The third-order valence-electron chi connectivity index (χ3n) is 5.04. The van der Waals surface area contributed by atoms with E-state index in [2.05, 4.69) is 26.3 Å². The van der Waals surface area contributed by atoms with Crippen molar-refractivity contribution in [1.29, 1.82) is 0 Å². The number of para-hydroxylation sites is 2. The molecule has 1 unspecified atom stereocenters. The van der Waals surface area contributed by atoms with Gasteiger partial charge in [0.05, 0.1) is 28.0 Å². The van der Waals surface area contributed by atoms with E-state index >= 15 is 0 Å². The number of benzene rings is 2. The Balaban J connectivity index is 1.45. The Kier molecular flexibility index (Phi) is 5.49. The van der Waals surface area contributed by atoms with Gasteiger partial charge in [-0.1, -0.05) is 42.0 Å². The van der Waals surface area contributed by atoms with Gasteiger partial charge >= 0.3 is 0 Å². The number of anilines is 1. The maximum Gasteiger partial charge on any atom is 0.229 e. The van der Waals surface area contributed by atoms with Gasteiger partial charge in [0.1, 0.15) is 0 Å². The average molecular weight is 453 g/mol. The molecule has 0 radical (unpaired) electrons. The highest BCUT2D eigenvalue weighted by Gasteiger charge is 2.34. The summed E-state index contributed by atoms with van der Waals surface area (Å²) in [6.07, 6.45) is 3.75. The first kappa shape index (κ1) is 19.4. The van der Waals surface area contributed by atoms with Crippen molar-refractivity contribution in [3.63, 3.8) is 0 Å². The summed E-state index contributed by atoms with van der Waals surface area (Å²) in [6, 6.07) is 15.6. The molecule has 4 rings (SSSR count). The van der Waals surface area contributed by atoms with Gasteiger partial charge in [0.15, 0.2) is 0 Å². The Morgan fingerprint density at radius 1 is 1.21 bits per heavy atom. The number of aryl methyl sites for hydroxylation is 1. The number of nitrogens with one attached hydrogen (secondary N) is 1. The lowest BCUT2D eigenvalue weighted by Crippen LogP contribution is -2.28. The standard InChI is InChI=1S/C22H21BrN4O2/c1-15-6-8-16(9-7-15)12-26-13-17(10-21(26)28)22(29)25-19-4-2-3-5-20(19)27-14-18(23)11-24-27/h2-9,11,14,17H,10,12-13H2,1H3,(H,25,29). The minimum Gasteiger partial charge on any atom is -0.338 e. The monoisotopic (exact) mass is 452 g/mol. The summed E-state index contributed by atoms with van der Waals surface area (Å²) in [6.45, 7) is 2.99. The van der Waals surface area contributed by atoms with Crippen LogP contribution in [0.1, 0.15) is 17.5 Å². The molecule has 1 aliphatic rings. The summed E-state index contributed by atoms with van der Waals surface area (Å²) in [5.74, 6) is -0.510. The molecule has 7 heteroatoms. The second kappa shape index (κ2) is 8.21. The summed E-state index contributed by atoms with van der Waals surface area (Å²) < 4.78 is 2.55. The van der Waals surface area contributed by atoms with Gasteiger partial charge in [-0.15, -0.1) is 0 Å². The van der Waals surface area contributed by atoms with Crippen LogP contribution in [0.3, 0.4) is 0 Å². The van der Waals surface area contributed by atoms with E-state index in [1.54, 1.807) is 15.8 Å². The van der Waals surface area contributed by atoms with E-state index in [4.69, 9.17) is 0 Å². The lowest BCUT2D eigenvalue weighted by molar-refractivity contribution is -0.128. The minimum absolute atomic E-state index is 0.00927. The predicted octanol–water partition coefficient (Wildman–Crippen LogP) is 3.93. The molecule has 0 saturated carbocycles. The molecule has 0 spiro atoms. The number of hydrogen-bond donors (Lipinski definition) is 1. The van der Waals surface area contributed by atoms with Crippen molar-refractivity contribution in [2.75, 3.05) is 11.9 Å². The Hall–Kier alpha value is -2.93. The molecule has 1 fully saturated rings. The number of rotatable bonds is 5. The molecule has 1 atom stereocenters. The van der Waals surface area contributed by atoms with Crippen LogP contribution in [0.2, 0.25) is 0 Å². The van der Waals surface area contributed by atoms with Crippen molar-refractivity contribution < 1.29 is 9.59 Å². The van der Waals surface area contributed by atoms with E-state index in [9.17, 15) is 9.59 Å². The highest BCUT2D eigenvalue weighted by Crippen LogP contribution is 2.25. The molecular formula is C22H21BrN4O2. The van der Waals surface area contributed by atoms with Gasteiger partial charge in [-0.05, 0) is 40.5 Å². The number of halogens is 1. The second-order valence-corrected chi connectivity index (χ2v) is 8.19. The number of amides is 2. The molecular weight excluding hydrogens is 432 g/mol. The van der Waals surface area contributed by atoms with Crippen LogP contribution in [0.25, 0.3) is 5.69 Å². The molecule has 0 aliphatic carbocycles. The van der Waals surface area contributed by atoms with Crippen LogP contribution in [0, 0.1) is 12.8 Å². The van der Waals surface area contributed by atoms with Crippen LogP contribution in [-0.4, -0.2) is 33.0 Å². The van der Waals surface area contributed by atoms with Gasteiger partial charge in [0.25, 0.3) is 0 Å². The fourth-order valence-corrected chi connectivity index (χ4v) is 3.75. The zero-order valence-corrected chi connectivity index (χ0v) is 17.6. The lowest BCUT2D eigenvalue weighted by atomic mass is 10.1. The van der Waals surface area contributed by atoms with Crippen molar-refractivity contribution in [2.45, 2.75) is 19.9 Å². The van der Waals surface area contributed by atoms with Crippen LogP contribution in [0.15, 0.2) is 65.4 Å². The molecule has 6 nitrogen and oxygen atoms in total. The normalized spacial score (nSPS) is 16.3. The molecule has 29 heavy (non-hydrogen) atoms. The zero-order valence-electron chi connectivity index (χ0n) is 16.0. The van der Waals surface area contributed by atoms with E-state index in [0.29, 0.717) is 18.8 Å². The molecule has 2 heterocycles. The number of aromatic nitrogens is 2. The van der Waals surface area contributed by atoms with Gasteiger partial charge < -0.3 is 10.2 Å².